The molecule has 0 aliphatic carbocycles. The average molecular weight is 395 g/mol. The molecule has 0 saturated carbocycles. The van der Waals surface area contributed by atoms with Gasteiger partial charge < -0.3 is 9.80 Å². The summed E-state index contributed by atoms with van der Waals surface area (Å²) in [6, 6.07) is 10.7. The minimum Gasteiger partial charge on any atom is -0.337 e. The van der Waals surface area contributed by atoms with Gasteiger partial charge in [-0.05, 0) is 36.8 Å². The fraction of sp³-hybridized carbons (Fsp3) is 0.263. The van der Waals surface area contributed by atoms with Crippen molar-refractivity contribution in [2.45, 2.75) is 6.42 Å². The van der Waals surface area contributed by atoms with Crippen LogP contribution in [0.1, 0.15) is 27.1 Å². The number of carbonyl (C=O) groups is 2. The van der Waals surface area contributed by atoms with Crippen molar-refractivity contribution < 1.29 is 14.0 Å². The first kappa shape index (κ1) is 18.7. The quantitative estimate of drug-likeness (QED) is 0.768. The monoisotopic (exact) mass is 394 g/mol. The topological polar surface area (TPSA) is 40.6 Å². The van der Waals surface area contributed by atoms with Crippen LogP contribution in [0.15, 0.2) is 42.5 Å². The zero-order chi connectivity index (χ0) is 18.7. The van der Waals surface area contributed by atoms with E-state index in [0.717, 1.165) is 0 Å². The Bertz CT molecular complexity index is 844. The molecule has 2 aromatic carbocycles. The number of carbonyl (C=O) groups excluding carboxylic acids is 2. The lowest BCUT2D eigenvalue weighted by Gasteiger charge is -2.23. The van der Waals surface area contributed by atoms with Gasteiger partial charge in [0.25, 0.3) is 11.8 Å². The molecule has 3 rings (SSSR count). The van der Waals surface area contributed by atoms with Gasteiger partial charge in [0.15, 0.2) is 0 Å². The Morgan fingerprint density at radius 1 is 0.846 bits per heavy atom. The molecule has 136 valence electrons. The molecule has 1 aliphatic rings. The molecule has 7 heteroatoms. The van der Waals surface area contributed by atoms with E-state index in [4.69, 9.17) is 23.2 Å². The van der Waals surface area contributed by atoms with Gasteiger partial charge in [0.05, 0.1) is 16.1 Å². The van der Waals surface area contributed by atoms with Crippen molar-refractivity contribution >= 4 is 35.0 Å². The molecule has 0 aromatic heterocycles. The molecule has 1 saturated heterocycles. The summed E-state index contributed by atoms with van der Waals surface area (Å²) >= 11 is 12.0. The maximum atomic E-state index is 13.9. The first-order valence-corrected chi connectivity index (χ1v) is 9.01. The summed E-state index contributed by atoms with van der Waals surface area (Å²) in [6.45, 7) is 1.66. The minimum absolute atomic E-state index is 0.0491. The normalized spacial score (nSPS) is 14.9. The van der Waals surface area contributed by atoms with Crippen molar-refractivity contribution in [1.82, 2.24) is 9.80 Å². The molecule has 26 heavy (non-hydrogen) atoms. The maximum absolute atomic E-state index is 13.9. The van der Waals surface area contributed by atoms with E-state index in [-0.39, 0.29) is 17.4 Å². The van der Waals surface area contributed by atoms with Gasteiger partial charge >= 0.3 is 0 Å². The number of hydrogen-bond donors (Lipinski definition) is 0. The van der Waals surface area contributed by atoms with E-state index in [0.29, 0.717) is 48.2 Å². The fourth-order valence-corrected chi connectivity index (χ4v) is 3.45. The molecular formula is C19H17Cl2FN2O2. The van der Waals surface area contributed by atoms with Crippen LogP contribution in [-0.4, -0.2) is 47.8 Å². The van der Waals surface area contributed by atoms with Crippen LogP contribution in [0.25, 0.3) is 0 Å². The van der Waals surface area contributed by atoms with Gasteiger partial charge in [-0.25, -0.2) is 4.39 Å². The zero-order valence-corrected chi connectivity index (χ0v) is 15.4. The molecule has 0 bridgehead atoms. The molecule has 2 amide bonds. The van der Waals surface area contributed by atoms with Gasteiger partial charge in [-0.15, -0.1) is 0 Å². The van der Waals surface area contributed by atoms with E-state index in [9.17, 15) is 14.0 Å². The molecule has 0 unspecified atom stereocenters. The summed E-state index contributed by atoms with van der Waals surface area (Å²) < 4.78 is 13.9. The molecule has 2 aromatic rings. The van der Waals surface area contributed by atoms with Crippen molar-refractivity contribution in [1.29, 1.82) is 0 Å². The second kappa shape index (κ2) is 8.06. The molecule has 4 nitrogen and oxygen atoms in total. The Kier molecular flexibility index (Phi) is 5.79. The molecule has 1 aliphatic heterocycles. The van der Waals surface area contributed by atoms with Crippen LogP contribution in [0.4, 0.5) is 4.39 Å². The Balaban J connectivity index is 1.71. The van der Waals surface area contributed by atoms with E-state index < -0.39 is 5.82 Å². The second-order valence-electron chi connectivity index (χ2n) is 6.04. The van der Waals surface area contributed by atoms with E-state index in [1.807, 2.05) is 0 Å². The smallest absolute Gasteiger partial charge is 0.256 e. The highest BCUT2D eigenvalue weighted by molar-refractivity contribution is 6.36. The van der Waals surface area contributed by atoms with Crippen LogP contribution in [0, 0.1) is 5.82 Å². The third-order valence-corrected chi connectivity index (χ3v) is 4.88. The average Bonchev–Trinajstić information content (AvgIpc) is 2.87. The molecule has 0 N–H and O–H groups in total. The van der Waals surface area contributed by atoms with Gasteiger partial charge in [0.2, 0.25) is 0 Å². The first-order chi connectivity index (χ1) is 12.5. The summed E-state index contributed by atoms with van der Waals surface area (Å²) in [7, 11) is 0. The fourth-order valence-electron chi connectivity index (χ4n) is 2.96. The van der Waals surface area contributed by atoms with Crippen molar-refractivity contribution in [2.24, 2.45) is 0 Å². The minimum atomic E-state index is -0.539. The molecule has 0 spiro atoms. The lowest BCUT2D eigenvalue weighted by atomic mass is 10.2. The van der Waals surface area contributed by atoms with E-state index in [1.54, 1.807) is 34.1 Å². The summed E-state index contributed by atoms with van der Waals surface area (Å²) in [5.41, 5.74) is 0.429. The summed E-state index contributed by atoms with van der Waals surface area (Å²) in [4.78, 5) is 28.5. The lowest BCUT2D eigenvalue weighted by molar-refractivity contribution is 0.0716. The zero-order valence-electron chi connectivity index (χ0n) is 13.9. The third kappa shape index (κ3) is 4.00. The molecule has 0 atom stereocenters. The predicted molar refractivity (Wildman–Crippen MR) is 99.3 cm³/mol. The van der Waals surface area contributed by atoms with Crippen LogP contribution in [0.3, 0.4) is 0 Å². The Labute approximate surface area is 161 Å². The Hall–Kier alpha value is -2.11. The van der Waals surface area contributed by atoms with Gasteiger partial charge in [-0.3, -0.25) is 9.59 Å². The molecule has 0 radical (unpaired) electrons. The standard InChI is InChI=1S/C19H17Cl2FN2O2/c20-13-6-7-14(16(21)12-13)18(25)23-8-3-9-24(11-10-23)19(26)15-4-1-2-5-17(15)22/h1-2,4-7,12H,3,8-11H2. The van der Waals surface area contributed by atoms with Crippen LogP contribution >= 0.6 is 23.2 Å². The lowest BCUT2D eigenvalue weighted by Crippen LogP contribution is -2.37. The molecule has 1 fully saturated rings. The van der Waals surface area contributed by atoms with Crippen LogP contribution < -0.4 is 0 Å². The third-order valence-electron chi connectivity index (χ3n) is 4.34. The first-order valence-electron chi connectivity index (χ1n) is 8.25. The highest BCUT2D eigenvalue weighted by atomic mass is 35.5. The second-order valence-corrected chi connectivity index (χ2v) is 6.89. The number of amides is 2. The highest BCUT2D eigenvalue weighted by Crippen LogP contribution is 2.23. The number of benzene rings is 2. The highest BCUT2D eigenvalue weighted by Gasteiger charge is 2.25. The van der Waals surface area contributed by atoms with E-state index in [2.05, 4.69) is 0 Å². The largest absolute Gasteiger partial charge is 0.337 e. The van der Waals surface area contributed by atoms with Crippen LogP contribution in [0.5, 0.6) is 0 Å². The van der Waals surface area contributed by atoms with Crippen LogP contribution in [-0.2, 0) is 0 Å². The van der Waals surface area contributed by atoms with Crippen molar-refractivity contribution in [3.05, 3.63) is 69.5 Å². The number of halogens is 3. The van der Waals surface area contributed by atoms with Crippen molar-refractivity contribution in [3.63, 3.8) is 0 Å². The van der Waals surface area contributed by atoms with E-state index in [1.165, 1.54) is 18.2 Å². The van der Waals surface area contributed by atoms with Crippen LogP contribution in [0.2, 0.25) is 10.0 Å². The number of hydrogen-bond acceptors (Lipinski definition) is 2. The maximum Gasteiger partial charge on any atom is 0.256 e. The Morgan fingerprint density at radius 3 is 2.08 bits per heavy atom. The number of nitrogens with zero attached hydrogens (tertiary/aromatic N) is 2. The molecular weight excluding hydrogens is 378 g/mol. The van der Waals surface area contributed by atoms with Gasteiger partial charge in [-0.2, -0.15) is 0 Å². The van der Waals surface area contributed by atoms with Crippen molar-refractivity contribution in [2.75, 3.05) is 26.2 Å². The summed E-state index contributed by atoms with van der Waals surface area (Å²) in [5, 5.41) is 0.759. The number of rotatable bonds is 2. The van der Waals surface area contributed by atoms with E-state index >= 15 is 0 Å². The summed E-state index contributed by atoms with van der Waals surface area (Å²) in [6.07, 6.45) is 0.608. The van der Waals surface area contributed by atoms with Crippen molar-refractivity contribution in [3.8, 4) is 0 Å². The Morgan fingerprint density at radius 2 is 1.46 bits per heavy atom. The molecule has 1 heterocycles. The van der Waals surface area contributed by atoms with Gasteiger partial charge in [-0.1, -0.05) is 35.3 Å². The SMILES string of the molecule is O=C(c1ccccc1F)N1CCCN(C(=O)c2ccc(Cl)cc2Cl)CC1. The van der Waals surface area contributed by atoms with Gasteiger partial charge in [0.1, 0.15) is 5.82 Å². The van der Waals surface area contributed by atoms with Gasteiger partial charge in [0, 0.05) is 31.2 Å². The predicted octanol–water partition coefficient (Wildman–Crippen LogP) is 4.12. The summed E-state index contributed by atoms with van der Waals surface area (Å²) in [5.74, 6) is -1.10.